The summed E-state index contributed by atoms with van der Waals surface area (Å²) in [5.74, 6) is 0. The van der Waals surface area contributed by atoms with Crippen LogP contribution in [0.15, 0.2) is 0 Å². The maximum Gasteiger partial charge on any atom is 0.0110 e. The minimum atomic E-state index is 0.608. The summed E-state index contributed by atoms with van der Waals surface area (Å²) >= 11 is 0. The molecule has 4 nitrogen and oxygen atoms in total. The largest absolute Gasteiger partial charge is 0.318 e. The second-order valence-corrected chi connectivity index (χ2v) is 4.90. The second kappa shape index (κ2) is 11.9. The molecule has 1 aliphatic rings. The van der Waals surface area contributed by atoms with Gasteiger partial charge in [-0.15, -0.1) is 0 Å². The fraction of sp³-hybridized carbons (Fsp3) is 1.00. The van der Waals surface area contributed by atoms with E-state index in [1.165, 1.54) is 39.3 Å². The minimum absolute atomic E-state index is 0.608. The lowest BCUT2D eigenvalue weighted by Gasteiger charge is -2.34. The van der Waals surface area contributed by atoms with Gasteiger partial charge in [-0.2, -0.15) is 0 Å². The predicted molar refractivity (Wildman–Crippen MR) is 81.3 cm³/mol. The highest BCUT2D eigenvalue weighted by molar-refractivity contribution is 4.73. The monoisotopic (exact) mass is 258 g/mol. The third-order valence-electron chi connectivity index (χ3n) is 3.12. The van der Waals surface area contributed by atoms with Gasteiger partial charge < -0.3 is 10.6 Å². The van der Waals surface area contributed by atoms with Crippen molar-refractivity contribution in [1.29, 1.82) is 0 Å². The summed E-state index contributed by atoms with van der Waals surface area (Å²) in [5, 5.41) is 6.68. The van der Waals surface area contributed by atoms with Gasteiger partial charge in [-0.1, -0.05) is 27.7 Å². The summed E-state index contributed by atoms with van der Waals surface area (Å²) < 4.78 is 0. The lowest BCUT2D eigenvalue weighted by atomic mass is 10.3. The van der Waals surface area contributed by atoms with E-state index in [0.29, 0.717) is 6.04 Å². The molecule has 0 saturated carbocycles. The lowest BCUT2D eigenvalue weighted by molar-refractivity contribution is 0.133. The maximum absolute atomic E-state index is 3.47. The van der Waals surface area contributed by atoms with E-state index in [9.17, 15) is 0 Å². The molecule has 1 fully saturated rings. The number of likely N-dealkylation sites (N-methyl/N-ethyl adjacent to an activating group) is 1. The number of rotatable bonds is 7. The van der Waals surface area contributed by atoms with Gasteiger partial charge in [0, 0.05) is 58.4 Å². The molecule has 0 aliphatic carbocycles. The van der Waals surface area contributed by atoms with Crippen molar-refractivity contribution >= 4 is 0 Å². The van der Waals surface area contributed by atoms with Gasteiger partial charge in [0.25, 0.3) is 0 Å². The Morgan fingerprint density at radius 2 is 1.33 bits per heavy atom. The normalized spacial score (nSPS) is 17.7. The summed E-state index contributed by atoms with van der Waals surface area (Å²) in [6.45, 7) is 17.9. The first kappa shape index (κ1) is 17.8. The number of nitrogens with zero attached hydrogens (tertiary/aromatic N) is 2. The highest BCUT2D eigenvalue weighted by atomic mass is 15.3. The van der Waals surface area contributed by atoms with Crippen molar-refractivity contribution in [3.05, 3.63) is 0 Å². The molecule has 0 spiro atoms. The molecule has 1 rings (SSSR count). The van der Waals surface area contributed by atoms with Crippen molar-refractivity contribution in [2.45, 2.75) is 33.7 Å². The van der Waals surface area contributed by atoms with E-state index in [-0.39, 0.29) is 0 Å². The average Bonchev–Trinajstić information content (AvgIpc) is 2.40. The van der Waals surface area contributed by atoms with E-state index in [2.05, 4.69) is 34.3 Å². The van der Waals surface area contributed by atoms with Crippen molar-refractivity contribution in [2.75, 3.05) is 59.4 Å². The molecule has 110 valence electrons. The zero-order valence-electron chi connectivity index (χ0n) is 13.1. The number of hydrogen-bond acceptors (Lipinski definition) is 4. The van der Waals surface area contributed by atoms with Crippen LogP contribution in [0.3, 0.4) is 0 Å². The van der Waals surface area contributed by atoms with Gasteiger partial charge in [0.2, 0.25) is 0 Å². The van der Waals surface area contributed by atoms with Crippen molar-refractivity contribution < 1.29 is 0 Å². The van der Waals surface area contributed by atoms with Crippen LogP contribution in [0.1, 0.15) is 27.7 Å². The third kappa shape index (κ3) is 8.86. The molecule has 0 atom stereocenters. The van der Waals surface area contributed by atoms with Crippen LogP contribution in [0.5, 0.6) is 0 Å². The highest BCUT2D eigenvalue weighted by Crippen LogP contribution is 2.00. The first-order chi connectivity index (χ1) is 8.72. The summed E-state index contributed by atoms with van der Waals surface area (Å²) in [6, 6.07) is 0.608. The van der Waals surface area contributed by atoms with Crippen LogP contribution < -0.4 is 10.6 Å². The zero-order chi connectivity index (χ0) is 13.8. The summed E-state index contributed by atoms with van der Waals surface area (Å²) in [6.07, 6.45) is 0. The van der Waals surface area contributed by atoms with Crippen LogP contribution in [0.25, 0.3) is 0 Å². The molecular formula is C14H34N4. The quantitative estimate of drug-likeness (QED) is 0.709. The second-order valence-electron chi connectivity index (χ2n) is 4.90. The number of piperazine rings is 1. The molecule has 0 bridgehead atoms. The van der Waals surface area contributed by atoms with Gasteiger partial charge in [-0.05, 0) is 7.05 Å². The van der Waals surface area contributed by atoms with E-state index in [1.807, 2.05) is 20.9 Å². The minimum Gasteiger partial charge on any atom is -0.318 e. The molecule has 0 aromatic heterocycles. The van der Waals surface area contributed by atoms with E-state index in [0.717, 1.165) is 13.1 Å². The Labute approximate surface area is 114 Å². The van der Waals surface area contributed by atoms with Gasteiger partial charge in [-0.25, -0.2) is 0 Å². The average molecular weight is 258 g/mol. The van der Waals surface area contributed by atoms with Crippen LogP contribution in [-0.4, -0.2) is 75.2 Å². The topological polar surface area (TPSA) is 30.5 Å². The summed E-state index contributed by atoms with van der Waals surface area (Å²) in [5.41, 5.74) is 0. The van der Waals surface area contributed by atoms with E-state index in [4.69, 9.17) is 0 Å². The first-order valence-corrected chi connectivity index (χ1v) is 7.55. The van der Waals surface area contributed by atoms with Crippen molar-refractivity contribution in [1.82, 2.24) is 20.4 Å². The molecule has 0 aromatic rings. The fourth-order valence-electron chi connectivity index (χ4n) is 2.02. The van der Waals surface area contributed by atoms with E-state index >= 15 is 0 Å². The molecule has 2 N–H and O–H groups in total. The smallest absolute Gasteiger partial charge is 0.0110 e. The Morgan fingerprint density at radius 3 is 1.72 bits per heavy atom. The molecule has 18 heavy (non-hydrogen) atoms. The summed E-state index contributed by atoms with van der Waals surface area (Å²) in [7, 11) is 2.02. The number of hydrogen-bond donors (Lipinski definition) is 2. The Kier molecular flexibility index (Phi) is 11.8. The molecule has 1 aliphatic heterocycles. The van der Waals surface area contributed by atoms with Gasteiger partial charge in [0.1, 0.15) is 0 Å². The Balaban J connectivity index is 0.00000137. The third-order valence-corrected chi connectivity index (χ3v) is 3.12. The zero-order valence-corrected chi connectivity index (χ0v) is 13.1. The lowest BCUT2D eigenvalue weighted by Crippen LogP contribution is -2.49. The first-order valence-electron chi connectivity index (χ1n) is 7.55. The number of nitrogens with one attached hydrogen (secondary N) is 2. The van der Waals surface area contributed by atoms with E-state index in [1.54, 1.807) is 0 Å². The molecule has 1 saturated heterocycles. The molecule has 0 aromatic carbocycles. The van der Waals surface area contributed by atoms with Crippen LogP contribution in [0, 0.1) is 0 Å². The predicted octanol–water partition coefficient (Wildman–Crippen LogP) is 0.848. The van der Waals surface area contributed by atoms with Crippen LogP contribution >= 0.6 is 0 Å². The Morgan fingerprint density at radius 1 is 0.889 bits per heavy atom. The van der Waals surface area contributed by atoms with Crippen molar-refractivity contribution in [3.8, 4) is 0 Å². The van der Waals surface area contributed by atoms with Crippen molar-refractivity contribution in [3.63, 3.8) is 0 Å². The molecule has 0 radical (unpaired) electrons. The Bertz CT molecular complexity index is 165. The molecule has 0 amide bonds. The summed E-state index contributed by atoms with van der Waals surface area (Å²) in [4.78, 5) is 5.11. The molecular weight excluding hydrogens is 224 g/mol. The van der Waals surface area contributed by atoms with Crippen molar-refractivity contribution in [2.24, 2.45) is 0 Å². The van der Waals surface area contributed by atoms with Crippen LogP contribution in [-0.2, 0) is 0 Å². The van der Waals surface area contributed by atoms with E-state index < -0.39 is 0 Å². The fourth-order valence-corrected chi connectivity index (χ4v) is 2.02. The van der Waals surface area contributed by atoms with Gasteiger partial charge in [-0.3, -0.25) is 9.80 Å². The molecule has 0 unspecified atom stereocenters. The molecule has 4 heteroatoms. The maximum atomic E-state index is 3.47. The molecule has 1 heterocycles. The van der Waals surface area contributed by atoms with Gasteiger partial charge >= 0.3 is 0 Å². The highest BCUT2D eigenvalue weighted by Gasteiger charge is 2.15. The standard InChI is InChI=1S/C12H28N4.C2H6/c1-12(2)14-5-7-16-10-8-15(9-11-16)6-4-13-3;1-2/h12-14H,4-11H2,1-3H3;1-2H3. The van der Waals surface area contributed by atoms with Crippen LogP contribution in [0.4, 0.5) is 0 Å². The SMILES string of the molecule is CC.CNCCN1CCN(CCNC(C)C)CC1. The van der Waals surface area contributed by atoms with Gasteiger partial charge in [0.15, 0.2) is 0 Å². The Hall–Kier alpha value is -0.160. The van der Waals surface area contributed by atoms with Gasteiger partial charge in [0.05, 0.1) is 0 Å². The van der Waals surface area contributed by atoms with Crippen LogP contribution in [0.2, 0.25) is 0 Å².